The molecule has 1 N–H and O–H groups in total. The Balaban J connectivity index is 1.96. The van der Waals surface area contributed by atoms with Gasteiger partial charge < -0.3 is 10.1 Å². The van der Waals surface area contributed by atoms with Gasteiger partial charge in [-0.1, -0.05) is 17.7 Å². The molecular weight excluding hydrogens is 444 g/mol. The van der Waals surface area contributed by atoms with Crippen LogP contribution >= 0.6 is 11.6 Å². The van der Waals surface area contributed by atoms with Crippen LogP contribution in [0, 0.1) is 13.8 Å². The molecule has 0 amide bonds. The molecular formula is C25H23ClN2O3S. The number of pyridine rings is 1. The van der Waals surface area contributed by atoms with Crippen molar-refractivity contribution in [1.82, 2.24) is 4.98 Å². The van der Waals surface area contributed by atoms with Gasteiger partial charge in [-0.05, 0) is 86.5 Å². The van der Waals surface area contributed by atoms with Crippen molar-refractivity contribution in [1.29, 1.82) is 0 Å². The van der Waals surface area contributed by atoms with Crippen LogP contribution in [0.3, 0.4) is 0 Å². The van der Waals surface area contributed by atoms with Crippen molar-refractivity contribution in [2.45, 2.75) is 30.6 Å². The van der Waals surface area contributed by atoms with Gasteiger partial charge in [0, 0.05) is 22.3 Å². The summed E-state index contributed by atoms with van der Waals surface area (Å²) >= 11 is 5.97. The molecule has 0 atom stereocenters. The van der Waals surface area contributed by atoms with E-state index in [9.17, 15) is 8.42 Å². The molecule has 0 radical (unpaired) electrons. The zero-order valence-electron chi connectivity index (χ0n) is 18.0. The summed E-state index contributed by atoms with van der Waals surface area (Å²) in [7, 11) is -3.87. The monoisotopic (exact) mass is 466 g/mol. The molecule has 1 aromatic heterocycles. The quantitative estimate of drug-likeness (QED) is 0.352. The van der Waals surface area contributed by atoms with Crippen molar-refractivity contribution < 1.29 is 13.2 Å². The van der Waals surface area contributed by atoms with E-state index in [1.165, 1.54) is 18.3 Å². The van der Waals surface area contributed by atoms with Crippen LogP contribution in [0.2, 0.25) is 5.02 Å². The number of fused-ring (bicyclic) bond motifs is 1. The highest BCUT2D eigenvalue weighted by atomic mass is 35.5. The average Bonchev–Trinajstić information content (AvgIpc) is 2.77. The number of hydrogen-bond donors (Lipinski definition) is 1. The highest BCUT2D eigenvalue weighted by Gasteiger charge is 2.24. The van der Waals surface area contributed by atoms with Crippen LogP contribution in [0.4, 0.5) is 11.4 Å². The first-order valence-corrected chi connectivity index (χ1v) is 12.1. The zero-order chi connectivity index (χ0) is 22.9. The summed E-state index contributed by atoms with van der Waals surface area (Å²) in [5, 5.41) is 4.46. The Morgan fingerprint density at radius 1 is 0.969 bits per heavy atom. The molecule has 4 rings (SSSR count). The van der Waals surface area contributed by atoms with Gasteiger partial charge in [0.1, 0.15) is 10.6 Å². The minimum atomic E-state index is -3.87. The molecule has 0 aliphatic carbocycles. The smallest absolute Gasteiger partial charge is 0.210 e. The summed E-state index contributed by atoms with van der Waals surface area (Å²) in [6.07, 6.45) is 1.40. The number of rotatable bonds is 6. The lowest BCUT2D eigenvalue weighted by Gasteiger charge is -2.17. The Labute approximate surface area is 192 Å². The minimum absolute atomic E-state index is 0.0826. The van der Waals surface area contributed by atoms with Gasteiger partial charge in [0.05, 0.1) is 22.7 Å². The standard InChI is InChI=1S/C25H23ClN2O3S/c1-4-31-20-9-12-23-22(14-20)25(28-19-8-5-16(2)17(3)13-19)24(15-27-23)32(29,30)21-10-6-18(26)7-11-21/h5-15H,4H2,1-3H3,(H,27,28). The maximum Gasteiger partial charge on any atom is 0.210 e. The van der Waals surface area contributed by atoms with Crippen molar-refractivity contribution in [3.63, 3.8) is 0 Å². The van der Waals surface area contributed by atoms with Gasteiger partial charge in [0.25, 0.3) is 0 Å². The van der Waals surface area contributed by atoms with Gasteiger partial charge in [0.15, 0.2) is 0 Å². The van der Waals surface area contributed by atoms with Crippen molar-refractivity contribution in [2.75, 3.05) is 11.9 Å². The number of hydrogen-bond acceptors (Lipinski definition) is 5. The van der Waals surface area contributed by atoms with Crippen molar-refractivity contribution in [2.24, 2.45) is 0 Å². The SMILES string of the molecule is CCOc1ccc2ncc(S(=O)(=O)c3ccc(Cl)cc3)c(Nc3ccc(C)c(C)c3)c2c1. The number of nitrogens with one attached hydrogen (secondary N) is 1. The normalized spacial score (nSPS) is 11.5. The Hall–Kier alpha value is -3.09. The highest BCUT2D eigenvalue weighted by Crippen LogP contribution is 2.37. The summed E-state index contributed by atoms with van der Waals surface area (Å²) in [6.45, 7) is 6.45. The molecule has 0 fully saturated rings. The van der Waals surface area contributed by atoms with E-state index in [2.05, 4.69) is 10.3 Å². The third kappa shape index (κ3) is 4.29. The van der Waals surface area contributed by atoms with Gasteiger partial charge in [-0.15, -0.1) is 0 Å². The Morgan fingerprint density at radius 3 is 2.41 bits per heavy atom. The van der Waals surface area contributed by atoms with Gasteiger partial charge in [-0.3, -0.25) is 4.98 Å². The van der Waals surface area contributed by atoms with Crippen molar-refractivity contribution in [3.05, 3.63) is 83.0 Å². The number of anilines is 2. The zero-order valence-corrected chi connectivity index (χ0v) is 19.6. The lowest BCUT2D eigenvalue weighted by Crippen LogP contribution is -2.07. The first-order valence-electron chi connectivity index (χ1n) is 10.2. The van der Waals surface area contributed by atoms with Crippen LogP contribution in [0.15, 0.2) is 76.7 Å². The molecule has 0 aliphatic heterocycles. The predicted octanol–water partition coefficient (Wildman–Crippen LogP) is 6.48. The number of sulfone groups is 1. The van der Waals surface area contributed by atoms with Gasteiger partial charge in [0.2, 0.25) is 9.84 Å². The molecule has 7 heteroatoms. The fourth-order valence-electron chi connectivity index (χ4n) is 3.45. The summed E-state index contributed by atoms with van der Waals surface area (Å²) in [6, 6.07) is 17.5. The third-order valence-corrected chi connectivity index (χ3v) is 7.34. The number of aryl methyl sites for hydroxylation is 2. The van der Waals surface area contributed by atoms with Crippen LogP contribution in [-0.4, -0.2) is 20.0 Å². The molecule has 0 saturated heterocycles. The first-order chi connectivity index (χ1) is 15.3. The van der Waals surface area contributed by atoms with Crippen LogP contribution in [0.5, 0.6) is 5.75 Å². The predicted molar refractivity (Wildman–Crippen MR) is 129 cm³/mol. The second-order valence-electron chi connectivity index (χ2n) is 7.49. The maximum absolute atomic E-state index is 13.6. The van der Waals surface area contributed by atoms with E-state index in [4.69, 9.17) is 16.3 Å². The van der Waals surface area contributed by atoms with E-state index < -0.39 is 9.84 Å². The van der Waals surface area contributed by atoms with Crippen LogP contribution < -0.4 is 10.1 Å². The Bertz CT molecular complexity index is 1400. The minimum Gasteiger partial charge on any atom is -0.494 e. The van der Waals surface area contributed by atoms with E-state index in [1.54, 1.807) is 12.1 Å². The summed E-state index contributed by atoms with van der Waals surface area (Å²) < 4.78 is 32.8. The lowest BCUT2D eigenvalue weighted by atomic mass is 10.1. The number of nitrogens with zero attached hydrogens (tertiary/aromatic N) is 1. The highest BCUT2D eigenvalue weighted by molar-refractivity contribution is 7.91. The number of aromatic nitrogens is 1. The summed E-state index contributed by atoms with van der Waals surface area (Å²) in [4.78, 5) is 4.65. The summed E-state index contributed by atoms with van der Waals surface area (Å²) in [5.41, 5.74) is 4.16. The van der Waals surface area contributed by atoms with Crippen LogP contribution in [0.25, 0.3) is 10.9 Å². The molecule has 5 nitrogen and oxygen atoms in total. The number of benzene rings is 3. The molecule has 0 unspecified atom stereocenters. The van der Waals surface area contributed by atoms with E-state index in [-0.39, 0.29) is 9.79 Å². The van der Waals surface area contributed by atoms with E-state index in [0.29, 0.717) is 34.0 Å². The Kier molecular flexibility index (Phi) is 6.09. The van der Waals surface area contributed by atoms with E-state index in [0.717, 1.165) is 16.8 Å². The molecule has 164 valence electrons. The van der Waals surface area contributed by atoms with Crippen LogP contribution in [0.1, 0.15) is 18.1 Å². The maximum atomic E-state index is 13.6. The van der Waals surface area contributed by atoms with Gasteiger partial charge >= 0.3 is 0 Å². The van der Waals surface area contributed by atoms with Gasteiger partial charge in [-0.25, -0.2) is 8.42 Å². The second kappa shape index (κ2) is 8.81. The topological polar surface area (TPSA) is 68.3 Å². The molecule has 3 aromatic carbocycles. The lowest BCUT2D eigenvalue weighted by molar-refractivity contribution is 0.340. The number of halogens is 1. The van der Waals surface area contributed by atoms with E-state index >= 15 is 0 Å². The summed E-state index contributed by atoms with van der Waals surface area (Å²) in [5.74, 6) is 0.644. The molecule has 32 heavy (non-hydrogen) atoms. The molecule has 4 aromatic rings. The fraction of sp³-hybridized carbons (Fsp3) is 0.160. The van der Waals surface area contributed by atoms with Gasteiger partial charge in [-0.2, -0.15) is 0 Å². The van der Waals surface area contributed by atoms with E-state index in [1.807, 2.05) is 57.2 Å². The third-order valence-electron chi connectivity index (χ3n) is 5.31. The molecule has 0 saturated carbocycles. The molecule has 0 aliphatic rings. The van der Waals surface area contributed by atoms with Crippen molar-refractivity contribution in [3.8, 4) is 5.75 Å². The largest absolute Gasteiger partial charge is 0.494 e. The molecule has 1 heterocycles. The molecule has 0 bridgehead atoms. The fourth-order valence-corrected chi connectivity index (χ4v) is 4.94. The Morgan fingerprint density at radius 2 is 1.72 bits per heavy atom. The average molecular weight is 467 g/mol. The molecule has 0 spiro atoms. The van der Waals surface area contributed by atoms with Crippen LogP contribution in [-0.2, 0) is 9.84 Å². The second-order valence-corrected chi connectivity index (χ2v) is 9.85. The first kappa shape index (κ1) is 22.1. The van der Waals surface area contributed by atoms with Crippen molar-refractivity contribution >= 4 is 43.7 Å². The number of ether oxygens (including phenoxy) is 1.